The highest BCUT2D eigenvalue weighted by atomic mass is 79.9. The molecule has 1 saturated heterocycles. The van der Waals surface area contributed by atoms with Gasteiger partial charge >= 0.3 is 0 Å². The molecule has 4 heteroatoms. The molecule has 94 valence electrons. The molecule has 0 amide bonds. The Hall–Kier alpha value is -1.10. The second kappa shape index (κ2) is 4.88. The highest BCUT2D eigenvalue weighted by Crippen LogP contribution is 2.37. The number of rotatable bonds is 2. The van der Waals surface area contributed by atoms with Gasteiger partial charge in [0.15, 0.2) is 6.29 Å². The molecule has 0 spiro atoms. The average Bonchev–Trinajstić information content (AvgIpc) is 2.90. The van der Waals surface area contributed by atoms with Gasteiger partial charge in [0, 0.05) is 4.47 Å². The van der Waals surface area contributed by atoms with Crippen LogP contribution in [-0.4, -0.2) is 20.3 Å². The van der Waals surface area contributed by atoms with Crippen LogP contribution in [0.4, 0.5) is 0 Å². The van der Waals surface area contributed by atoms with Gasteiger partial charge in [0.25, 0.3) is 0 Å². The lowest BCUT2D eigenvalue weighted by Gasteiger charge is -2.16. The summed E-state index contributed by atoms with van der Waals surface area (Å²) in [6, 6.07) is 10.1. The van der Waals surface area contributed by atoms with E-state index < -0.39 is 0 Å². The summed E-state index contributed by atoms with van der Waals surface area (Å²) >= 11 is 3.48. The van der Waals surface area contributed by atoms with Gasteiger partial charge in [0.2, 0.25) is 0 Å². The minimum atomic E-state index is -0.329. The second-order valence-corrected chi connectivity index (χ2v) is 5.04. The smallest absolute Gasteiger partial charge is 0.188 e. The van der Waals surface area contributed by atoms with Crippen molar-refractivity contribution in [3.05, 3.63) is 40.4 Å². The Morgan fingerprint density at radius 2 is 1.94 bits per heavy atom. The van der Waals surface area contributed by atoms with Gasteiger partial charge in [0.1, 0.15) is 5.75 Å². The molecule has 0 aromatic heterocycles. The molecule has 3 rings (SSSR count). The van der Waals surface area contributed by atoms with Gasteiger partial charge in [-0.05, 0) is 29.0 Å². The minimum Gasteiger partial charge on any atom is -0.496 e. The summed E-state index contributed by atoms with van der Waals surface area (Å²) in [7, 11) is 1.67. The molecule has 2 aromatic rings. The van der Waals surface area contributed by atoms with Crippen molar-refractivity contribution in [2.45, 2.75) is 6.29 Å². The highest BCUT2D eigenvalue weighted by Gasteiger charge is 2.24. The first-order valence-corrected chi connectivity index (χ1v) is 6.58. The maximum atomic E-state index is 5.61. The normalized spacial score (nSPS) is 16.3. The number of benzene rings is 2. The molecule has 1 heterocycles. The maximum Gasteiger partial charge on any atom is 0.188 e. The lowest BCUT2D eigenvalue weighted by molar-refractivity contribution is -0.0443. The van der Waals surface area contributed by atoms with Crippen molar-refractivity contribution in [1.82, 2.24) is 0 Å². The van der Waals surface area contributed by atoms with Gasteiger partial charge < -0.3 is 14.2 Å². The summed E-state index contributed by atoms with van der Waals surface area (Å²) in [5.74, 6) is 0.803. The van der Waals surface area contributed by atoms with E-state index in [2.05, 4.69) is 28.1 Å². The second-order valence-electron chi connectivity index (χ2n) is 4.12. The van der Waals surface area contributed by atoms with Crippen LogP contribution in [-0.2, 0) is 9.47 Å². The molecule has 0 aliphatic carbocycles. The van der Waals surface area contributed by atoms with Crippen molar-refractivity contribution >= 4 is 26.7 Å². The lowest BCUT2D eigenvalue weighted by atomic mass is 10.0. The molecule has 1 fully saturated rings. The Morgan fingerprint density at radius 3 is 2.67 bits per heavy atom. The summed E-state index contributed by atoms with van der Waals surface area (Å²) in [6.07, 6.45) is -0.329. The van der Waals surface area contributed by atoms with E-state index in [4.69, 9.17) is 14.2 Å². The zero-order valence-corrected chi connectivity index (χ0v) is 11.6. The first-order valence-electron chi connectivity index (χ1n) is 5.79. The Bertz CT molecular complexity index is 577. The first-order chi connectivity index (χ1) is 8.79. The number of methoxy groups -OCH3 is 1. The van der Waals surface area contributed by atoms with Crippen LogP contribution in [0.25, 0.3) is 10.8 Å². The molecule has 0 saturated carbocycles. The molecule has 1 aliphatic rings. The maximum absolute atomic E-state index is 5.61. The Labute approximate surface area is 114 Å². The van der Waals surface area contributed by atoms with Crippen LogP contribution in [0.5, 0.6) is 5.75 Å². The van der Waals surface area contributed by atoms with Crippen molar-refractivity contribution in [1.29, 1.82) is 0 Å². The van der Waals surface area contributed by atoms with E-state index in [1.54, 1.807) is 7.11 Å². The van der Waals surface area contributed by atoms with Crippen LogP contribution in [0.15, 0.2) is 34.8 Å². The fourth-order valence-electron chi connectivity index (χ4n) is 2.25. The van der Waals surface area contributed by atoms with Crippen LogP contribution >= 0.6 is 15.9 Å². The molecule has 1 aliphatic heterocycles. The quantitative estimate of drug-likeness (QED) is 0.847. The summed E-state index contributed by atoms with van der Waals surface area (Å²) in [5.41, 5.74) is 0.972. The van der Waals surface area contributed by atoms with Crippen LogP contribution in [0.1, 0.15) is 11.9 Å². The van der Waals surface area contributed by atoms with Crippen molar-refractivity contribution in [3.8, 4) is 5.75 Å². The summed E-state index contributed by atoms with van der Waals surface area (Å²) in [5, 5.41) is 2.24. The lowest BCUT2D eigenvalue weighted by Crippen LogP contribution is -2.02. The predicted molar refractivity (Wildman–Crippen MR) is 72.8 cm³/mol. The van der Waals surface area contributed by atoms with Gasteiger partial charge in [-0.25, -0.2) is 0 Å². The largest absolute Gasteiger partial charge is 0.496 e. The molecule has 0 N–H and O–H groups in total. The SMILES string of the molecule is COc1ccc2cc(Br)ccc2c1C1OCCO1. The summed E-state index contributed by atoms with van der Waals surface area (Å²) in [4.78, 5) is 0. The number of fused-ring (bicyclic) bond motifs is 1. The highest BCUT2D eigenvalue weighted by molar-refractivity contribution is 9.10. The molecule has 2 aromatic carbocycles. The van der Waals surface area contributed by atoms with Gasteiger partial charge in [-0.3, -0.25) is 0 Å². The number of hydrogen-bond acceptors (Lipinski definition) is 3. The monoisotopic (exact) mass is 308 g/mol. The van der Waals surface area contributed by atoms with Crippen molar-refractivity contribution in [2.24, 2.45) is 0 Å². The van der Waals surface area contributed by atoms with Crippen LogP contribution < -0.4 is 4.74 Å². The Kier molecular flexibility index (Phi) is 3.24. The molecule has 3 nitrogen and oxygen atoms in total. The number of halogens is 1. The van der Waals surface area contributed by atoms with E-state index in [9.17, 15) is 0 Å². The van der Waals surface area contributed by atoms with Gasteiger partial charge in [-0.1, -0.05) is 28.1 Å². The van der Waals surface area contributed by atoms with E-state index >= 15 is 0 Å². The molecule has 0 unspecified atom stereocenters. The van der Waals surface area contributed by atoms with E-state index in [-0.39, 0.29) is 6.29 Å². The Morgan fingerprint density at radius 1 is 1.17 bits per heavy atom. The molecular formula is C14H13BrO3. The number of ether oxygens (including phenoxy) is 3. The topological polar surface area (TPSA) is 27.7 Å². The third-order valence-electron chi connectivity index (χ3n) is 3.06. The van der Waals surface area contributed by atoms with Crippen LogP contribution in [0.3, 0.4) is 0 Å². The fourth-order valence-corrected chi connectivity index (χ4v) is 2.63. The average molecular weight is 309 g/mol. The molecule has 0 radical (unpaired) electrons. The molecule has 0 atom stereocenters. The van der Waals surface area contributed by atoms with E-state index in [1.807, 2.05) is 18.2 Å². The van der Waals surface area contributed by atoms with Gasteiger partial charge in [-0.15, -0.1) is 0 Å². The van der Waals surface area contributed by atoms with E-state index in [0.717, 1.165) is 26.6 Å². The third-order valence-corrected chi connectivity index (χ3v) is 3.55. The van der Waals surface area contributed by atoms with E-state index in [0.29, 0.717) is 13.2 Å². The minimum absolute atomic E-state index is 0.329. The predicted octanol–water partition coefficient (Wildman–Crippen LogP) is 3.66. The third kappa shape index (κ3) is 2.00. The summed E-state index contributed by atoms with van der Waals surface area (Å²) < 4.78 is 17.7. The zero-order chi connectivity index (χ0) is 12.5. The van der Waals surface area contributed by atoms with Crippen LogP contribution in [0, 0.1) is 0 Å². The number of hydrogen-bond donors (Lipinski definition) is 0. The molecule has 18 heavy (non-hydrogen) atoms. The van der Waals surface area contributed by atoms with Gasteiger partial charge in [0.05, 0.1) is 25.9 Å². The zero-order valence-electron chi connectivity index (χ0n) is 9.98. The molecule has 0 bridgehead atoms. The van der Waals surface area contributed by atoms with Crippen molar-refractivity contribution in [2.75, 3.05) is 20.3 Å². The van der Waals surface area contributed by atoms with E-state index in [1.165, 1.54) is 0 Å². The standard InChI is InChI=1S/C14H13BrO3/c1-16-12-5-2-9-8-10(15)3-4-11(9)13(12)14-17-6-7-18-14/h2-5,8,14H,6-7H2,1H3. The van der Waals surface area contributed by atoms with Gasteiger partial charge in [-0.2, -0.15) is 0 Å². The first kappa shape index (κ1) is 12.0. The summed E-state index contributed by atoms with van der Waals surface area (Å²) in [6.45, 7) is 1.25. The molecular weight excluding hydrogens is 296 g/mol. The van der Waals surface area contributed by atoms with Crippen molar-refractivity contribution < 1.29 is 14.2 Å². The van der Waals surface area contributed by atoms with Crippen LogP contribution in [0.2, 0.25) is 0 Å². The Balaban J connectivity index is 2.23. The van der Waals surface area contributed by atoms with Crippen molar-refractivity contribution in [3.63, 3.8) is 0 Å². The fraction of sp³-hybridized carbons (Fsp3) is 0.286.